The fourth-order valence-corrected chi connectivity index (χ4v) is 5.86. The SMILES string of the molecule is O=C1C2(c3ccccc3)CN3CC1(c1ccccc1)CN(C2)C3c1ccco1. The van der Waals surface area contributed by atoms with Crippen molar-refractivity contribution in [1.29, 1.82) is 0 Å². The van der Waals surface area contributed by atoms with Crippen LogP contribution in [0.5, 0.6) is 0 Å². The molecule has 140 valence electrons. The number of ketones is 1. The van der Waals surface area contributed by atoms with Gasteiger partial charge in [0.1, 0.15) is 11.9 Å². The van der Waals surface area contributed by atoms with Crippen molar-refractivity contribution in [1.82, 2.24) is 9.80 Å². The number of nitrogens with zero attached hydrogens (tertiary/aromatic N) is 2. The second kappa shape index (κ2) is 5.66. The Morgan fingerprint density at radius 3 is 1.64 bits per heavy atom. The third-order valence-corrected chi connectivity index (χ3v) is 6.90. The van der Waals surface area contributed by atoms with E-state index >= 15 is 0 Å². The Morgan fingerprint density at radius 1 is 0.714 bits per heavy atom. The molecule has 0 unspecified atom stereocenters. The Balaban J connectivity index is 1.54. The van der Waals surface area contributed by atoms with Gasteiger partial charge >= 0.3 is 0 Å². The van der Waals surface area contributed by atoms with Crippen LogP contribution in [0.4, 0.5) is 0 Å². The molecule has 5 heterocycles. The fraction of sp³-hybridized carbons (Fsp3) is 0.292. The summed E-state index contributed by atoms with van der Waals surface area (Å²) in [5.41, 5.74) is 1.29. The largest absolute Gasteiger partial charge is 0.466 e. The highest BCUT2D eigenvalue weighted by atomic mass is 16.3. The summed E-state index contributed by atoms with van der Waals surface area (Å²) in [4.78, 5) is 19.0. The lowest BCUT2D eigenvalue weighted by Crippen LogP contribution is -2.79. The molecule has 0 spiro atoms. The van der Waals surface area contributed by atoms with Crippen molar-refractivity contribution in [2.45, 2.75) is 17.0 Å². The summed E-state index contributed by atoms with van der Waals surface area (Å²) in [6, 6.07) is 24.7. The van der Waals surface area contributed by atoms with Gasteiger partial charge in [0.05, 0.1) is 17.1 Å². The maximum atomic E-state index is 14.1. The first-order chi connectivity index (χ1) is 13.7. The maximum absolute atomic E-state index is 14.1. The molecule has 4 fully saturated rings. The van der Waals surface area contributed by atoms with E-state index in [4.69, 9.17) is 4.42 Å². The second-order valence-electron chi connectivity index (χ2n) is 8.42. The van der Waals surface area contributed by atoms with Gasteiger partial charge in [0.25, 0.3) is 0 Å². The van der Waals surface area contributed by atoms with Crippen molar-refractivity contribution >= 4 is 5.78 Å². The molecule has 4 aliphatic heterocycles. The molecule has 3 aromatic rings. The van der Waals surface area contributed by atoms with Crippen LogP contribution in [0.3, 0.4) is 0 Å². The van der Waals surface area contributed by atoms with Crippen LogP contribution >= 0.6 is 0 Å². The zero-order valence-electron chi connectivity index (χ0n) is 15.6. The molecule has 4 saturated heterocycles. The van der Waals surface area contributed by atoms with E-state index in [1.807, 2.05) is 42.5 Å². The Bertz CT molecular complexity index is 936. The maximum Gasteiger partial charge on any atom is 0.159 e. The highest BCUT2D eigenvalue weighted by Gasteiger charge is 2.67. The van der Waals surface area contributed by atoms with Gasteiger partial charge in [0, 0.05) is 26.2 Å². The molecule has 4 nitrogen and oxygen atoms in total. The van der Waals surface area contributed by atoms with E-state index in [0.717, 1.165) is 43.1 Å². The van der Waals surface area contributed by atoms with Crippen molar-refractivity contribution < 1.29 is 9.21 Å². The number of furan rings is 1. The lowest BCUT2D eigenvalue weighted by Gasteiger charge is -2.65. The number of carbonyl (C=O) groups excluding carboxylic acids is 1. The standard InChI is InChI=1S/C24H22N2O2/c27-22-23(18-8-3-1-4-9-18)14-25-16-24(22,19-10-5-2-6-11-19)17-26(15-23)21(25)20-12-7-13-28-20/h1-13,21H,14-17H2. The van der Waals surface area contributed by atoms with Crippen molar-refractivity contribution in [3.05, 3.63) is 95.9 Å². The van der Waals surface area contributed by atoms with E-state index in [1.165, 1.54) is 0 Å². The lowest BCUT2D eigenvalue weighted by molar-refractivity contribution is -0.177. The number of hydrogen-bond acceptors (Lipinski definition) is 4. The van der Waals surface area contributed by atoms with Gasteiger partial charge in [-0.2, -0.15) is 0 Å². The van der Waals surface area contributed by atoms with E-state index < -0.39 is 10.8 Å². The highest BCUT2D eigenvalue weighted by Crippen LogP contribution is 2.54. The predicted octanol–water partition coefficient (Wildman–Crippen LogP) is 3.37. The average Bonchev–Trinajstić information content (AvgIpc) is 3.26. The van der Waals surface area contributed by atoms with Crippen LogP contribution in [0.1, 0.15) is 23.1 Å². The molecule has 4 heteroatoms. The number of hydrogen-bond donors (Lipinski definition) is 0. The first-order valence-corrected chi connectivity index (χ1v) is 9.90. The highest BCUT2D eigenvalue weighted by molar-refractivity contribution is 6.02. The van der Waals surface area contributed by atoms with E-state index in [-0.39, 0.29) is 6.17 Å². The first-order valence-electron chi connectivity index (χ1n) is 9.90. The van der Waals surface area contributed by atoms with Crippen molar-refractivity contribution in [3.8, 4) is 0 Å². The Hall–Kier alpha value is -2.69. The molecule has 4 aliphatic rings. The Morgan fingerprint density at radius 2 is 1.21 bits per heavy atom. The molecule has 0 amide bonds. The summed E-state index contributed by atoms with van der Waals surface area (Å²) in [6.45, 7) is 2.97. The number of carbonyl (C=O) groups is 1. The van der Waals surface area contributed by atoms with Crippen LogP contribution in [0.15, 0.2) is 83.5 Å². The molecule has 1 aromatic heterocycles. The molecule has 0 saturated carbocycles. The van der Waals surface area contributed by atoms with E-state index in [1.54, 1.807) is 6.26 Å². The second-order valence-corrected chi connectivity index (χ2v) is 8.42. The van der Waals surface area contributed by atoms with Gasteiger partial charge in [-0.25, -0.2) is 0 Å². The molecule has 28 heavy (non-hydrogen) atoms. The van der Waals surface area contributed by atoms with E-state index in [9.17, 15) is 4.79 Å². The molecule has 0 aliphatic carbocycles. The molecule has 0 radical (unpaired) electrons. The van der Waals surface area contributed by atoms with Gasteiger partial charge in [-0.15, -0.1) is 0 Å². The summed E-state index contributed by atoms with van der Waals surface area (Å²) in [5.74, 6) is 1.35. The molecule has 0 N–H and O–H groups in total. The third-order valence-electron chi connectivity index (χ3n) is 6.90. The molecule has 4 bridgehead atoms. The minimum Gasteiger partial charge on any atom is -0.466 e. The zero-order valence-corrected chi connectivity index (χ0v) is 15.6. The lowest BCUT2D eigenvalue weighted by atomic mass is 9.56. The summed E-state index contributed by atoms with van der Waals surface area (Å²) >= 11 is 0. The van der Waals surface area contributed by atoms with Gasteiger partial charge in [-0.3, -0.25) is 14.6 Å². The zero-order chi connectivity index (χ0) is 18.8. The Labute approximate surface area is 164 Å². The van der Waals surface area contributed by atoms with Gasteiger partial charge in [0.15, 0.2) is 5.78 Å². The van der Waals surface area contributed by atoms with Gasteiger partial charge in [-0.05, 0) is 23.3 Å². The van der Waals surface area contributed by atoms with Gasteiger partial charge in [-0.1, -0.05) is 60.7 Å². The minimum absolute atomic E-state index is 0.108. The number of benzene rings is 2. The molecule has 7 rings (SSSR count). The van der Waals surface area contributed by atoms with Crippen LogP contribution in [0.2, 0.25) is 0 Å². The monoisotopic (exact) mass is 370 g/mol. The summed E-state index contributed by atoms with van der Waals surface area (Å²) in [7, 11) is 0. The normalized spacial score (nSPS) is 36.0. The van der Waals surface area contributed by atoms with Crippen LogP contribution in [0, 0.1) is 0 Å². The third kappa shape index (κ3) is 1.99. The smallest absolute Gasteiger partial charge is 0.159 e. The topological polar surface area (TPSA) is 36.7 Å². The van der Waals surface area contributed by atoms with Gasteiger partial charge < -0.3 is 4.42 Å². The average molecular weight is 370 g/mol. The summed E-state index contributed by atoms with van der Waals surface area (Å²) in [6.07, 6.45) is 1.85. The first kappa shape index (κ1) is 16.3. The molecular weight excluding hydrogens is 348 g/mol. The number of Topliss-reactive ketones (excluding diaryl/α,β-unsaturated/α-hetero) is 1. The van der Waals surface area contributed by atoms with Crippen LogP contribution in [-0.2, 0) is 15.6 Å². The van der Waals surface area contributed by atoms with Crippen molar-refractivity contribution in [2.24, 2.45) is 0 Å². The van der Waals surface area contributed by atoms with Crippen LogP contribution < -0.4 is 0 Å². The van der Waals surface area contributed by atoms with E-state index in [0.29, 0.717) is 5.78 Å². The van der Waals surface area contributed by atoms with Gasteiger partial charge in [0.2, 0.25) is 0 Å². The molecular formula is C24H22N2O2. The quantitative estimate of drug-likeness (QED) is 0.708. The molecule has 0 atom stereocenters. The van der Waals surface area contributed by atoms with Crippen LogP contribution in [-0.4, -0.2) is 41.8 Å². The molecule has 2 aromatic carbocycles. The summed E-state index contributed by atoms with van der Waals surface area (Å²) < 4.78 is 5.80. The number of rotatable bonds is 3. The summed E-state index contributed by atoms with van der Waals surface area (Å²) in [5, 5.41) is 0. The van der Waals surface area contributed by atoms with Crippen LogP contribution in [0.25, 0.3) is 0 Å². The van der Waals surface area contributed by atoms with E-state index in [2.05, 4.69) is 40.1 Å². The van der Waals surface area contributed by atoms with Crippen molar-refractivity contribution in [3.63, 3.8) is 0 Å². The Kier molecular flexibility index (Phi) is 3.29. The number of piperidine rings is 2. The predicted molar refractivity (Wildman–Crippen MR) is 106 cm³/mol. The fourth-order valence-electron chi connectivity index (χ4n) is 5.86. The minimum atomic E-state index is -0.489. The van der Waals surface area contributed by atoms with Crippen molar-refractivity contribution in [2.75, 3.05) is 26.2 Å².